The van der Waals surface area contributed by atoms with Crippen molar-refractivity contribution < 1.29 is 4.74 Å². The molecule has 96 valence electrons. The fraction of sp³-hybridized carbons (Fsp3) is 0.167. The molecule has 0 bridgehead atoms. The summed E-state index contributed by atoms with van der Waals surface area (Å²) in [4.78, 5) is 0. The quantitative estimate of drug-likeness (QED) is 0.658. The van der Waals surface area contributed by atoms with Crippen molar-refractivity contribution in [3.05, 3.63) is 35.9 Å². The zero-order chi connectivity index (χ0) is 12.3. The van der Waals surface area contributed by atoms with Crippen molar-refractivity contribution in [3.8, 4) is 17.0 Å². The molecule has 0 saturated heterocycles. The Balaban J connectivity index is 0.00000162. The van der Waals surface area contributed by atoms with E-state index in [1.54, 1.807) is 7.11 Å². The monoisotopic (exact) mass is 266 g/mol. The molecule has 3 N–H and O–H groups in total. The first kappa shape index (κ1) is 14.2. The largest absolute Gasteiger partial charge is 0.497 e. The van der Waals surface area contributed by atoms with Gasteiger partial charge in [0, 0.05) is 5.56 Å². The van der Waals surface area contributed by atoms with E-state index in [1.807, 2.05) is 37.3 Å². The molecule has 0 aliphatic rings. The van der Waals surface area contributed by atoms with Crippen molar-refractivity contribution in [2.75, 3.05) is 12.5 Å². The molecule has 0 saturated carbocycles. The average molecular weight is 267 g/mol. The number of aryl methyl sites for hydroxylation is 1. The fourth-order valence-corrected chi connectivity index (χ4v) is 1.53. The van der Waals surface area contributed by atoms with Crippen molar-refractivity contribution in [2.24, 2.45) is 5.84 Å². The molecule has 2 rings (SSSR count). The molecule has 0 radical (unpaired) electrons. The van der Waals surface area contributed by atoms with Gasteiger partial charge in [0.25, 0.3) is 0 Å². The van der Waals surface area contributed by atoms with Crippen molar-refractivity contribution in [3.63, 3.8) is 0 Å². The molecule has 0 aliphatic carbocycles. The summed E-state index contributed by atoms with van der Waals surface area (Å²) in [5.74, 6) is 6.71. The van der Waals surface area contributed by atoms with Gasteiger partial charge in [-0.15, -0.1) is 22.6 Å². The average Bonchev–Trinajstić information content (AvgIpc) is 2.39. The van der Waals surface area contributed by atoms with Gasteiger partial charge in [0.15, 0.2) is 5.82 Å². The number of benzene rings is 1. The molecular weight excluding hydrogens is 252 g/mol. The zero-order valence-electron chi connectivity index (χ0n) is 10.2. The van der Waals surface area contributed by atoms with Crippen molar-refractivity contribution in [1.82, 2.24) is 10.2 Å². The van der Waals surface area contributed by atoms with Crippen LogP contribution >= 0.6 is 12.4 Å². The highest BCUT2D eigenvalue weighted by Crippen LogP contribution is 2.22. The number of halogens is 1. The zero-order valence-corrected chi connectivity index (χ0v) is 11.0. The van der Waals surface area contributed by atoms with Gasteiger partial charge < -0.3 is 10.2 Å². The first-order valence-electron chi connectivity index (χ1n) is 5.20. The molecular formula is C12H15ClN4O. The molecule has 0 unspecified atom stereocenters. The van der Waals surface area contributed by atoms with Gasteiger partial charge in [-0.1, -0.05) is 0 Å². The number of methoxy groups -OCH3 is 1. The predicted octanol–water partition coefficient (Wildman–Crippen LogP) is 2.17. The Morgan fingerprint density at radius 2 is 1.83 bits per heavy atom. The lowest BCUT2D eigenvalue weighted by Crippen LogP contribution is -2.11. The molecule has 0 fully saturated rings. The Morgan fingerprint density at radius 1 is 1.17 bits per heavy atom. The normalized spacial score (nSPS) is 9.50. The number of hydrogen-bond donors (Lipinski definition) is 2. The standard InChI is InChI=1S/C12H14N4O.ClH/c1-8-7-11(15-16-12(8)14-13)9-3-5-10(17-2)6-4-9;/h3-7H,13H2,1-2H3,(H,14,16);1H. The van der Waals surface area contributed by atoms with E-state index in [-0.39, 0.29) is 12.4 Å². The van der Waals surface area contributed by atoms with E-state index in [2.05, 4.69) is 15.6 Å². The summed E-state index contributed by atoms with van der Waals surface area (Å²) >= 11 is 0. The van der Waals surface area contributed by atoms with Gasteiger partial charge in [-0.3, -0.25) is 0 Å². The maximum atomic E-state index is 5.31. The Hall–Kier alpha value is -1.85. The lowest BCUT2D eigenvalue weighted by Gasteiger charge is -2.06. The molecule has 1 aromatic heterocycles. The number of hydrazine groups is 1. The second-order valence-corrected chi connectivity index (χ2v) is 3.63. The minimum atomic E-state index is 0. The Labute approximate surface area is 112 Å². The van der Waals surface area contributed by atoms with Crippen LogP contribution in [0.2, 0.25) is 0 Å². The van der Waals surface area contributed by atoms with Crippen LogP contribution in [-0.4, -0.2) is 17.3 Å². The van der Waals surface area contributed by atoms with Crippen LogP contribution in [0.25, 0.3) is 11.3 Å². The Bertz CT molecular complexity index is 516. The minimum absolute atomic E-state index is 0. The van der Waals surface area contributed by atoms with Gasteiger partial charge in [-0.05, 0) is 42.8 Å². The molecule has 18 heavy (non-hydrogen) atoms. The Morgan fingerprint density at radius 3 is 2.33 bits per heavy atom. The SMILES string of the molecule is COc1ccc(-c2cc(C)c(NN)nn2)cc1.Cl. The van der Waals surface area contributed by atoms with Crippen LogP contribution in [0.3, 0.4) is 0 Å². The van der Waals surface area contributed by atoms with Crippen molar-refractivity contribution in [1.29, 1.82) is 0 Å². The molecule has 5 nitrogen and oxygen atoms in total. The van der Waals surface area contributed by atoms with Gasteiger partial charge in [-0.2, -0.15) is 0 Å². The second kappa shape index (κ2) is 6.18. The number of nitrogens with one attached hydrogen (secondary N) is 1. The summed E-state index contributed by atoms with van der Waals surface area (Å²) < 4.78 is 5.10. The van der Waals surface area contributed by atoms with Crippen LogP contribution in [0, 0.1) is 6.92 Å². The number of rotatable bonds is 3. The first-order valence-corrected chi connectivity index (χ1v) is 5.20. The second-order valence-electron chi connectivity index (χ2n) is 3.63. The summed E-state index contributed by atoms with van der Waals surface area (Å²) in [5.41, 5.74) is 5.25. The van der Waals surface area contributed by atoms with Gasteiger partial charge in [0.1, 0.15) is 5.75 Å². The van der Waals surface area contributed by atoms with Crippen molar-refractivity contribution in [2.45, 2.75) is 6.92 Å². The van der Waals surface area contributed by atoms with Gasteiger partial charge in [0.2, 0.25) is 0 Å². The molecule has 0 amide bonds. The van der Waals surface area contributed by atoms with Crippen LogP contribution in [0.1, 0.15) is 5.56 Å². The van der Waals surface area contributed by atoms with E-state index >= 15 is 0 Å². The van der Waals surface area contributed by atoms with Gasteiger partial charge in [0.05, 0.1) is 12.8 Å². The highest BCUT2D eigenvalue weighted by molar-refractivity contribution is 5.85. The third kappa shape index (κ3) is 2.88. The van der Waals surface area contributed by atoms with Crippen LogP contribution in [0.5, 0.6) is 5.75 Å². The van der Waals surface area contributed by atoms with Gasteiger partial charge >= 0.3 is 0 Å². The smallest absolute Gasteiger partial charge is 0.165 e. The molecule has 0 spiro atoms. The topological polar surface area (TPSA) is 73.1 Å². The summed E-state index contributed by atoms with van der Waals surface area (Å²) in [6.07, 6.45) is 0. The third-order valence-corrected chi connectivity index (χ3v) is 2.51. The number of aromatic nitrogens is 2. The molecule has 1 heterocycles. The van der Waals surface area contributed by atoms with Crippen LogP contribution < -0.4 is 16.0 Å². The van der Waals surface area contributed by atoms with E-state index in [0.717, 1.165) is 22.6 Å². The van der Waals surface area contributed by atoms with E-state index in [1.165, 1.54) is 0 Å². The summed E-state index contributed by atoms with van der Waals surface area (Å²) in [6.45, 7) is 1.93. The highest BCUT2D eigenvalue weighted by Gasteiger charge is 2.04. The lowest BCUT2D eigenvalue weighted by molar-refractivity contribution is 0.415. The number of nitrogens with two attached hydrogens (primary N) is 1. The fourth-order valence-electron chi connectivity index (χ4n) is 1.53. The predicted molar refractivity (Wildman–Crippen MR) is 73.8 cm³/mol. The number of ether oxygens (including phenoxy) is 1. The third-order valence-electron chi connectivity index (χ3n) is 2.51. The summed E-state index contributed by atoms with van der Waals surface area (Å²) in [6, 6.07) is 9.60. The minimum Gasteiger partial charge on any atom is -0.497 e. The van der Waals surface area contributed by atoms with E-state index in [0.29, 0.717) is 5.82 Å². The highest BCUT2D eigenvalue weighted by atomic mass is 35.5. The Kier molecular flexibility index (Phi) is 4.88. The maximum absolute atomic E-state index is 5.31. The number of nitrogen functional groups attached to an aromatic ring is 1. The lowest BCUT2D eigenvalue weighted by atomic mass is 10.1. The molecule has 6 heteroatoms. The number of nitrogens with zero attached hydrogens (tertiary/aromatic N) is 2. The summed E-state index contributed by atoms with van der Waals surface area (Å²) in [7, 11) is 1.64. The van der Waals surface area contributed by atoms with Crippen molar-refractivity contribution >= 4 is 18.2 Å². The van der Waals surface area contributed by atoms with Crippen LogP contribution in [0.4, 0.5) is 5.82 Å². The number of anilines is 1. The van der Waals surface area contributed by atoms with E-state index < -0.39 is 0 Å². The number of hydrogen-bond acceptors (Lipinski definition) is 5. The van der Waals surface area contributed by atoms with E-state index in [9.17, 15) is 0 Å². The summed E-state index contributed by atoms with van der Waals surface area (Å²) in [5, 5.41) is 8.10. The maximum Gasteiger partial charge on any atom is 0.165 e. The van der Waals surface area contributed by atoms with E-state index in [4.69, 9.17) is 10.6 Å². The first-order chi connectivity index (χ1) is 8.24. The molecule has 2 aromatic rings. The van der Waals surface area contributed by atoms with Crippen LogP contribution in [-0.2, 0) is 0 Å². The van der Waals surface area contributed by atoms with Gasteiger partial charge in [-0.25, -0.2) is 5.84 Å². The molecule has 1 aromatic carbocycles. The molecule has 0 aliphatic heterocycles. The molecule has 0 atom stereocenters. The van der Waals surface area contributed by atoms with Crippen LogP contribution in [0.15, 0.2) is 30.3 Å².